The van der Waals surface area contributed by atoms with E-state index in [4.69, 9.17) is 14.2 Å². The average molecular weight is 1010 g/mol. The van der Waals surface area contributed by atoms with Crippen molar-refractivity contribution in [2.75, 3.05) is 13.2 Å². The van der Waals surface area contributed by atoms with Crippen LogP contribution in [0.5, 0.6) is 0 Å². The van der Waals surface area contributed by atoms with E-state index in [2.05, 4.69) is 57.2 Å². The molecule has 0 aliphatic carbocycles. The number of carbonyl (C=O) groups excluding carboxylic acids is 3. The molecule has 422 valence electrons. The summed E-state index contributed by atoms with van der Waals surface area (Å²) < 4.78 is 16.8. The molecular formula is C66H122O6. The molecule has 0 aromatic rings. The lowest BCUT2D eigenvalue weighted by atomic mass is 10.0. The van der Waals surface area contributed by atoms with Crippen molar-refractivity contribution in [2.45, 2.75) is 354 Å². The predicted octanol–water partition coefficient (Wildman–Crippen LogP) is 21.6. The molecule has 0 saturated heterocycles. The second-order valence-electron chi connectivity index (χ2n) is 21.7. The molecule has 6 heteroatoms. The molecule has 0 aromatic heterocycles. The lowest BCUT2D eigenvalue weighted by molar-refractivity contribution is -0.167. The Morgan fingerprint density at radius 3 is 0.792 bits per heavy atom. The summed E-state index contributed by atoms with van der Waals surface area (Å²) >= 11 is 0. The summed E-state index contributed by atoms with van der Waals surface area (Å²) in [4.78, 5) is 38.0. The number of hydrogen-bond donors (Lipinski definition) is 0. The maximum atomic E-state index is 12.8. The van der Waals surface area contributed by atoms with E-state index in [0.29, 0.717) is 19.3 Å². The standard InChI is InChI=1S/C66H122O6/c1-4-7-10-13-16-19-21-23-24-25-26-27-28-29-30-31-32-33-34-35-36-37-38-39-40-41-42-44-45-47-50-53-56-59-65(68)71-62-63(61-70-64(67)58-55-52-49-18-15-12-9-6-3)72-66(69)60-57-54-51-48-46-43-22-20-17-14-11-8-5-2/h20-23,25-26,63H,4-19,24,27-62H2,1-3H3/b22-20-,23-21-,26-25-. The summed E-state index contributed by atoms with van der Waals surface area (Å²) in [5, 5.41) is 0. The maximum Gasteiger partial charge on any atom is 0.306 e. The summed E-state index contributed by atoms with van der Waals surface area (Å²) in [6.45, 7) is 6.62. The van der Waals surface area contributed by atoms with E-state index in [1.54, 1.807) is 0 Å². The number of esters is 3. The largest absolute Gasteiger partial charge is 0.462 e. The van der Waals surface area contributed by atoms with Crippen molar-refractivity contribution < 1.29 is 28.6 Å². The number of unbranched alkanes of at least 4 members (excludes halogenated alkanes) is 42. The van der Waals surface area contributed by atoms with Gasteiger partial charge in [-0.3, -0.25) is 14.4 Å². The highest BCUT2D eigenvalue weighted by Gasteiger charge is 2.19. The molecule has 0 aliphatic heterocycles. The van der Waals surface area contributed by atoms with Crippen LogP contribution in [0.25, 0.3) is 0 Å². The van der Waals surface area contributed by atoms with Crippen LogP contribution in [0.1, 0.15) is 348 Å². The van der Waals surface area contributed by atoms with Gasteiger partial charge in [0.25, 0.3) is 0 Å². The van der Waals surface area contributed by atoms with Gasteiger partial charge in [-0.15, -0.1) is 0 Å². The minimum absolute atomic E-state index is 0.0705. The second kappa shape index (κ2) is 61.2. The molecule has 1 unspecified atom stereocenters. The highest BCUT2D eigenvalue weighted by atomic mass is 16.6. The molecule has 0 spiro atoms. The molecule has 0 aromatic carbocycles. The molecule has 0 aliphatic rings. The third-order valence-electron chi connectivity index (χ3n) is 14.4. The fourth-order valence-electron chi connectivity index (χ4n) is 9.53. The van der Waals surface area contributed by atoms with Gasteiger partial charge in [-0.25, -0.2) is 0 Å². The van der Waals surface area contributed by atoms with Gasteiger partial charge in [0, 0.05) is 19.3 Å². The molecule has 0 radical (unpaired) electrons. The van der Waals surface area contributed by atoms with Crippen molar-refractivity contribution in [1.82, 2.24) is 0 Å². The monoisotopic (exact) mass is 1010 g/mol. The second-order valence-corrected chi connectivity index (χ2v) is 21.7. The van der Waals surface area contributed by atoms with Crippen LogP contribution < -0.4 is 0 Å². The molecule has 0 amide bonds. The van der Waals surface area contributed by atoms with Gasteiger partial charge in [0.05, 0.1) is 0 Å². The molecular weight excluding hydrogens is 889 g/mol. The SMILES string of the molecule is CCCCCC/C=C\CCCCCCCC(=O)OC(COC(=O)CCCCCCCCCC)COC(=O)CCCCCCCCCCCCCCCCCCCCCCC/C=C\C/C=C\CCCCCCC. The molecule has 72 heavy (non-hydrogen) atoms. The molecule has 0 N–H and O–H groups in total. The lowest BCUT2D eigenvalue weighted by Gasteiger charge is -2.18. The third kappa shape index (κ3) is 58.5. The number of rotatable bonds is 59. The van der Waals surface area contributed by atoms with E-state index < -0.39 is 6.10 Å². The Balaban J connectivity index is 3.95. The highest BCUT2D eigenvalue weighted by molar-refractivity contribution is 5.71. The maximum absolute atomic E-state index is 12.8. The van der Waals surface area contributed by atoms with Crippen LogP contribution in [0, 0.1) is 0 Å². The van der Waals surface area contributed by atoms with Gasteiger partial charge in [0.1, 0.15) is 13.2 Å². The molecule has 0 rings (SSSR count). The van der Waals surface area contributed by atoms with Crippen LogP contribution in [-0.2, 0) is 28.6 Å². The summed E-state index contributed by atoms with van der Waals surface area (Å²) in [5.74, 6) is -0.866. The van der Waals surface area contributed by atoms with Crippen LogP contribution in [0.2, 0.25) is 0 Å². The fraction of sp³-hybridized carbons (Fsp3) is 0.864. The van der Waals surface area contributed by atoms with Gasteiger partial charge >= 0.3 is 17.9 Å². The zero-order valence-electron chi connectivity index (χ0n) is 48.5. The number of ether oxygens (including phenoxy) is 3. The summed E-state index contributed by atoms with van der Waals surface area (Å²) in [5.41, 5.74) is 0. The number of allylic oxidation sites excluding steroid dienone is 6. The minimum Gasteiger partial charge on any atom is -0.462 e. The number of carbonyl (C=O) groups is 3. The third-order valence-corrected chi connectivity index (χ3v) is 14.4. The molecule has 0 fully saturated rings. The van der Waals surface area contributed by atoms with Gasteiger partial charge in [-0.1, -0.05) is 288 Å². The van der Waals surface area contributed by atoms with Crippen molar-refractivity contribution in [2.24, 2.45) is 0 Å². The molecule has 0 bridgehead atoms. The Bertz CT molecular complexity index is 1210. The zero-order chi connectivity index (χ0) is 52.2. The van der Waals surface area contributed by atoms with E-state index in [0.717, 1.165) is 70.6 Å². The quantitative estimate of drug-likeness (QED) is 0.0261. The normalized spacial score (nSPS) is 12.2. The minimum atomic E-state index is -0.770. The van der Waals surface area contributed by atoms with E-state index in [1.807, 2.05) is 0 Å². The van der Waals surface area contributed by atoms with Crippen molar-refractivity contribution in [3.63, 3.8) is 0 Å². The predicted molar refractivity (Wildman–Crippen MR) is 312 cm³/mol. The molecule has 0 saturated carbocycles. The van der Waals surface area contributed by atoms with Gasteiger partial charge < -0.3 is 14.2 Å². The molecule has 6 nitrogen and oxygen atoms in total. The van der Waals surface area contributed by atoms with Crippen molar-refractivity contribution >= 4 is 17.9 Å². The van der Waals surface area contributed by atoms with Gasteiger partial charge in [-0.2, -0.15) is 0 Å². The van der Waals surface area contributed by atoms with Crippen LogP contribution in [-0.4, -0.2) is 37.2 Å². The zero-order valence-corrected chi connectivity index (χ0v) is 48.5. The first-order valence-corrected chi connectivity index (χ1v) is 32.0. The Kier molecular flexibility index (Phi) is 59.2. The van der Waals surface area contributed by atoms with Crippen LogP contribution in [0.4, 0.5) is 0 Å². The first kappa shape index (κ1) is 69.6. The topological polar surface area (TPSA) is 78.9 Å². The first-order valence-electron chi connectivity index (χ1n) is 32.0. The van der Waals surface area contributed by atoms with Crippen molar-refractivity contribution in [3.8, 4) is 0 Å². The summed E-state index contributed by atoms with van der Waals surface area (Å²) in [6.07, 6.45) is 74.8. The average Bonchev–Trinajstić information content (AvgIpc) is 3.38. The Hall–Kier alpha value is -2.37. The van der Waals surface area contributed by atoms with E-state index in [1.165, 1.54) is 238 Å². The van der Waals surface area contributed by atoms with E-state index in [9.17, 15) is 14.4 Å². The molecule has 1 atom stereocenters. The van der Waals surface area contributed by atoms with E-state index >= 15 is 0 Å². The first-order chi connectivity index (χ1) is 35.5. The highest BCUT2D eigenvalue weighted by Crippen LogP contribution is 2.17. The Labute approximate surface area is 448 Å². The van der Waals surface area contributed by atoms with Crippen LogP contribution in [0.3, 0.4) is 0 Å². The van der Waals surface area contributed by atoms with Gasteiger partial charge in [-0.05, 0) is 77.0 Å². The van der Waals surface area contributed by atoms with Crippen LogP contribution in [0.15, 0.2) is 36.5 Å². The van der Waals surface area contributed by atoms with Crippen molar-refractivity contribution in [1.29, 1.82) is 0 Å². The van der Waals surface area contributed by atoms with Crippen LogP contribution >= 0.6 is 0 Å². The summed E-state index contributed by atoms with van der Waals surface area (Å²) in [7, 11) is 0. The number of hydrogen-bond acceptors (Lipinski definition) is 6. The lowest BCUT2D eigenvalue weighted by Crippen LogP contribution is -2.30. The Morgan fingerprint density at radius 1 is 0.278 bits per heavy atom. The fourth-order valence-corrected chi connectivity index (χ4v) is 9.53. The Morgan fingerprint density at radius 2 is 0.500 bits per heavy atom. The van der Waals surface area contributed by atoms with Gasteiger partial charge in [0.15, 0.2) is 6.10 Å². The van der Waals surface area contributed by atoms with Crippen molar-refractivity contribution in [3.05, 3.63) is 36.5 Å². The van der Waals surface area contributed by atoms with E-state index in [-0.39, 0.29) is 31.1 Å². The smallest absolute Gasteiger partial charge is 0.306 e. The summed E-state index contributed by atoms with van der Waals surface area (Å²) in [6, 6.07) is 0. The molecule has 0 heterocycles. The van der Waals surface area contributed by atoms with Gasteiger partial charge in [0.2, 0.25) is 0 Å².